The molecule has 0 spiro atoms. The van der Waals surface area contributed by atoms with Crippen molar-refractivity contribution >= 4 is 23.6 Å². The maximum atomic E-state index is 12.7. The Bertz CT molecular complexity index is 498. The largest absolute Gasteiger partial charge is 0.481 e. The summed E-state index contributed by atoms with van der Waals surface area (Å²) in [5, 5.41) is 8.79. The molecular formula is C17H23NO3S. The second-order valence-corrected chi connectivity index (χ2v) is 6.97. The van der Waals surface area contributed by atoms with Crippen LogP contribution in [0, 0.1) is 5.92 Å². The van der Waals surface area contributed by atoms with Crippen LogP contribution >= 0.6 is 11.8 Å². The minimum atomic E-state index is -0.740. The van der Waals surface area contributed by atoms with Crippen LogP contribution in [-0.4, -0.2) is 40.2 Å². The Morgan fingerprint density at radius 3 is 2.45 bits per heavy atom. The van der Waals surface area contributed by atoms with Crippen LogP contribution in [0.4, 0.5) is 0 Å². The Kier molecular flexibility index (Phi) is 6.31. The van der Waals surface area contributed by atoms with Gasteiger partial charge in [0.25, 0.3) is 0 Å². The number of rotatable bonds is 6. The molecule has 1 heterocycles. The number of thioether (sulfide) groups is 1. The number of carboxylic acids is 1. The summed E-state index contributed by atoms with van der Waals surface area (Å²) in [6.07, 6.45) is 2.61. The van der Waals surface area contributed by atoms with Crippen LogP contribution < -0.4 is 0 Å². The number of aliphatic carboxylic acids is 1. The van der Waals surface area contributed by atoms with Crippen molar-refractivity contribution in [3.05, 3.63) is 30.3 Å². The molecule has 4 nitrogen and oxygen atoms in total. The summed E-state index contributed by atoms with van der Waals surface area (Å²) in [7, 11) is 0. The summed E-state index contributed by atoms with van der Waals surface area (Å²) < 4.78 is 0. The van der Waals surface area contributed by atoms with Gasteiger partial charge in [-0.3, -0.25) is 9.59 Å². The molecule has 1 aliphatic rings. The Morgan fingerprint density at radius 2 is 1.91 bits per heavy atom. The van der Waals surface area contributed by atoms with Crippen molar-refractivity contribution in [3.8, 4) is 0 Å². The third-order valence-electron chi connectivity index (χ3n) is 4.06. The minimum absolute atomic E-state index is 0.0570. The van der Waals surface area contributed by atoms with Gasteiger partial charge < -0.3 is 10.0 Å². The SMILES string of the molecule is CCC(Sc1ccccc1)C(=O)N1CCC(CC(=O)O)CC1. The van der Waals surface area contributed by atoms with E-state index in [9.17, 15) is 9.59 Å². The zero-order valence-electron chi connectivity index (χ0n) is 12.9. The molecule has 1 N–H and O–H groups in total. The molecule has 1 aliphatic heterocycles. The van der Waals surface area contributed by atoms with Crippen LogP contribution in [0.25, 0.3) is 0 Å². The Labute approximate surface area is 135 Å². The summed E-state index contributed by atoms with van der Waals surface area (Å²) in [5.74, 6) is -0.343. The van der Waals surface area contributed by atoms with Crippen LogP contribution in [0.5, 0.6) is 0 Å². The Hall–Kier alpha value is -1.49. The van der Waals surface area contributed by atoms with Gasteiger partial charge in [-0.25, -0.2) is 0 Å². The maximum absolute atomic E-state index is 12.7. The Balaban J connectivity index is 1.88. The summed E-state index contributed by atoms with van der Waals surface area (Å²) in [4.78, 5) is 26.4. The van der Waals surface area contributed by atoms with Gasteiger partial charge in [0.1, 0.15) is 0 Å². The first-order chi connectivity index (χ1) is 10.6. The van der Waals surface area contributed by atoms with E-state index in [-0.39, 0.29) is 23.5 Å². The summed E-state index contributed by atoms with van der Waals surface area (Å²) >= 11 is 1.62. The highest BCUT2D eigenvalue weighted by atomic mass is 32.2. The van der Waals surface area contributed by atoms with Crippen molar-refractivity contribution in [2.45, 2.75) is 42.8 Å². The molecule has 0 aliphatic carbocycles. The molecule has 1 atom stereocenters. The van der Waals surface area contributed by atoms with Crippen LogP contribution in [0.2, 0.25) is 0 Å². The predicted molar refractivity (Wildman–Crippen MR) is 87.9 cm³/mol. The van der Waals surface area contributed by atoms with Gasteiger partial charge in [0.2, 0.25) is 5.91 Å². The molecule has 0 bridgehead atoms. The van der Waals surface area contributed by atoms with Crippen molar-refractivity contribution in [1.82, 2.24) is 4.90 Å². The average molecular weight is 321 g/mol. The first-order valence-corrected chi connectivity index (χ1v) is 8.70. The topological polar surface area (TPSA) is 57.6 Å². The Morgan fingerprint density at radius 1 is 1.27 bits per heavy atom. The van der Waals surface area contributed by atoms with Crippen molar-refractivity contribution < 1.29 is 14.7 Å². The first kappa shape index (κ1) is 16.9. The van der Waals surface area contributed by atoms with E-state index in [0.29, 0.717) is 13.1 Å². The smallest absolute Gasteiger partial charge is 0.303 e. The summed E-state index contributed by atoms with van der Waals surface area (Å²) in [5.41, 5.74) is 0. The quantitative estimate of drug-likeness (QED) is 0.817. The molecule has 1 aromatic carbocycles. The molecule has 22 heavy (non-hydrogen) atoms. The predicted octanol–water partition coefficient (Wildman–Crippen LogP) is 3.27. The van der Waals surface area contributed by atoms with E-state index in [1.165, 1.54) is 0 Å². The van der Waals surface area contributed by atoms with Gasteiger partial charge in [-0.1, -0.05) is 25.1 Å². The molecule has 1 amide bonds. The number of carboxylic acid groups (broad SMARTS) is 1. The molecule has 2 rings (SSSR count). The lowest BCUT2D eigenvalue weighted by molar-refractivity contribution is -0.138. The zero-order chi connectivity index (χ0) is 15.9. The first-order valence-electron chi connectivity index (χ1n) is 7.82. The van der Waals surface area contributed by atoms with E-state index in [2.05, 4.69) is 0 Å². The van der Waals surface area contributed by atoms with E-state index in [1.54, 1.807) is 11.8 Å². The number of benzene rings is 1. The van der Waals surface area contributed by atoms with Gasteiger partial charge in [0.05, 0.1) is 5.25 Å². The maximum Gasteiger partial charge on any atom is 0.303 e. The van der Waals surface area contributed by atoms with Crippen molar-refractivity contribution in [2.24, 2.45) is 5.92 Å². The van der Waals surface area contributed by atoms with E-state index in [4.69, 9.17) is 5.11 Å². The molecule has 1 fully saturated rings. The number of hydrogen-bond donors (Lipinski definition) is 1. The summed E-state index contributed by atoms with van der Waals surface area (Å²) in [6, 6.07) is 9.99. The zero-order valence-corrected chi connectivity index (χ0v) is 13.7. The highest BCUT2D eigenvalue weighted by Gasteiger charge is 2.28. The average Bonchev–Trinajstić information content (AvgIpc) is 2.53. The highest BCUT2D eigenvalue weighted by molar-refractivity contribution is 8.00. The van der Waals surface area contributed by atoms with Crippen molar-refractivity contribution in [3.63, 3.8) is 0 Å². The second-order valence-electron chi connectivity index (χ2n) is 5.69. The second kappa shape index (κ2) is 8.22. The molecule has 0 aromatic heterocycles. The standard InChI is InChI=1S/C17H23NO3S/c1-2-15(22-14-6-4-3-5-7-14)17(21)18-10-8-13(9-11-18)12-16(19)20/h3-7,13,15H,2,8-12H2,1H3,(H,19,20). The fraction of sp³-hybridized carbons (Fsp3) is 0.529. The number of hydrogen-bond acceptors (Lipinski definition) is 3. The van der Waals surface area contributed by atoms with E-state index in [1.807, 2.05) is 42.2 Å². The monoisotopic (exact) mass is 321 g/mol. The molecule has 120 valence electrons. The van der Waals surface area contributed by atoms with Gasteiger partial charge in [0.15, 0.2) is 0 Å². The molecule has 0 saturated carbocycles. The lowest BCUT2D eigenvalue weighted by Crippen LogP contribution is -2.43. The minimum Gasteiger partial charge on any atom is -0.481 e. The van der Waals surface area contributed by atoms with Gasteiger partial charge >= 0.3 is 5.97 Å². The van der Waals surface area contributed by atoms with Gasteiger partial charge in [-0.2, -0.15) is 0 Å². The van der Waals surface area contributed by atoms with E-state index < -0.39 is 5.97 Å². The molecule has 1 aromatic rings. The van der Waals surface area contributed by atoms with Crippen LogP contribution in [-0.2, 0) is 9.59 Å². The molecular weight excluding hydrogens is 298 g/mol. The molecule has 1 unspecified atom stereocenters. The lowest BCUT2D eigenvalue weighted by Gasteiger charge is -2.33. The van der Waals surface area contributed by atoms with Gasteiger partial charge in [-0.05, 0) is 37.3 Å². The van der Waals surface area contributed by atoms with Crippen molar-refractivity contribution in [1.29, 1.82) is 0 Å². The lowest BCUT2D eigenvalue weighted by atomic mass is 9.93. The highest BCUT2D eigenvalue weighted by Crippen LogP contribution is 2.28. The number of nitrogens with zero attached hydrogens (tertiary/aromatic N) is 1. The van der Waals surface area contributed by atoms with Gasteiger partial charge in [0, 0.05) is 24.4 Å². The van der Waals surface area contributed by atoms with Gasteiger partial charge in [-0.15, -0.1) is 11.8 Å². The number of piperidine rings is 1. The number of carbonyl (C=O) groups is 2. The molecule has 5 heteroatoms. The normalized spacial score (nSPS) is 17.2. The number of likely N-dealkylation sites (tertiary alicyclic amines) is 1. The fourth-order valence-corrected chi connectivity index (χ4v) is 3.84. The number of amides is 1. The number of carbonyl (C=O) groups excluding carboxylic acids is 1. The van der Waals surface area contributed by atoms with Crippen LogP contribution in [0.3, 0.4) is 0 Å². The van der Waals surface area contributed by atoms with Crippen molar-refractivity contribution in [2.75, 3.05) is 13.1 Å². The molecule has 1 saturated heterocycles. The van der Waals surface area contributed by atoms with Crippen LogP contribution in [0.1, 0.15) is 32.6 Å². The third-order valence-corrected chi connectivity index (χ3v) is 5.42. The molecule has 0 radical (unpaired) electrons. The van der Waals surface area contributed by atoms with E-state index in [0.717, 1.165) is 24.2 Å². The summed E-state index contributed by atoms with van der Waals surface area (Å²) in [6.45, 7) is 3.40. The van der Waals surface area contributed by atoms with E-state index >= 15 is 0 Å². The third kappa shape index (κ3) is 4.77. The fourth-order valence-electron chi connectivity index (χ4n) is 2.78. The van der Waals surface area contributed by atoms with Crippen LogP contribution in [0.15, 0.2) is 35.2 Å².